The number of hydrogen-bond acceptors (Lipinski definition) is 4. The van der Waals surface area contributed by atoms with Crippen LogP contribution in [-0.4, -0.2) is 31.8 Å². The van der Waals surface area contributed by atoms with Crippen molar-refractivity contribution in [3.05, 3.63) is 63.9 Å². The molecular formula is C18H19BrFNO4S. The number of nitrogens with zero attached hydrogens (tertiary/aromatic N) is 1. The van der Waals surface area contributed by atoms with Gasteiger partial charge in [-0.2, -0.15) is 4.31 Å². The molecule has 26 heavy (non-hydrogen) atoms. The Hall–Kier alpha value is -1.77. The van der Waals surface area contributed by atoms with Crippen molar-refractivity contribution in [2.24, 2.45) is 0 Å². The van der Waals surface area contributed by atoms with E-state index in [0.29, 0.717) is 10.0 Å². The van der Waals surface area contributed by atoms with E-state index < -0.39 is 28.4 Å². The van der Waals surface area contributed by atoms with Crippen molar-refractivity contribution in [3.8, 4) is 0 Å². The number of ether oxygens (including phenoxy) is 1. The van der Waals surface area contributed by atoms with Crippen LogP contribution in [0, 0.1) is 12.7 Å². The normalized spacial score (nSPS) is 11.6. The topological polar surface area (TPSA) is 63.7 Å². The summed E-state index contributed by atoms with van der Waals surface area (Å²) in [7, 11) is -3.97. The fraction of sp³-hybridized carbons (Fsp3) is 0.278. The molecule has 0 amide bonds. The predicted molar refractivity (Wildman–Crippen MR) is 99.5 cm³/mol. The van der Waals surface area contributed by atoms with Gasteiger partial charge >= 0.3 is 5.97 Å². The van der Waals surface area contributed by atoms with Crippen molar-refractivity contribution < 1.29 is 22.3 Å². The predicted octanol–water partition coefficient (Wildman–Crippen LogP) is 3.65. The monoisotopic (exact) mass is 443 g/mol. The van der Waals surface area contributed by atoms with Gasteiger partial charge in [-0.1, -0.05) is 33.6 Å². The van der Waals surface area contributed by atoms with E-state index in [1.165, 1.54) is 30.3 Å². The second-order valence-electron chi connectivity index (χ2n) is 5.63. The first kappa shape index (κ1) is 20.5. The quantitative estimate of drug-likeness (QED) is 0.612. The number of esters is 1. The van der Waals surface area contributed by atoms with E-state index in [9.17, 15) is 17.6 Å². The van der Waals surface area contributed by atoms with Crippen LogP contribution in [0.1, 0.15) is 18.1 Å². The Morgan fingerprint density at radius 3 is 2.46 bits per heavy atom. The lowest BCUT2D eigenvalue weighted by Gasteiger charge is -2.22. The molecule has 0 spiro atoms. The minimum absolute atomic E-state index is 0.0555. The van der Waals surface area contributed by atoms with Crippen LogP contribution in [0.3, 0.4) is 0 Å². The third kappa shape index (κ3) is 5.12. The molecule has 0 aliphatic carbocycles. The van der Waals surface area contributed by atoms with Crippen LogP contribution in [0.2, 0.25) is 0 Å². The molecule has 0 aliphatic heterocycles. The lowest BCUT2D eigenvalue weighted by atomic mass is 10.2. The molecule has 0 aromatic heterocycles. The van der Waals surface area contributed by atoms with Crippen LogP contribution < -0.4 is 0 Å². The van der Waals surface area contributed by atoms with Crippen molar-refractivity contribution in [1.82, 2.24) is 4.31 Å². The second kappa shape index (κ2) is 8.75. The van der Waals surface area contributed by atoms with E-state index in [0.717, 1.165) is 9.87 Å². The van der Waals surface area contributed by atoms with E-state index in [1.807, 2.05) is 6.92 Å². The van der Waals surface area contributed by atoms with E-state index in [2.05, 4.69) is 15.9 Å². The summed E-state index contributed by atoms with van der Waals surface area (Å²) in [5, 5.41) is 0. The molecule has 2 aromatic carbocycles. The molecule has 5 nitrogen and oxygen atoms in total. The molecule has 0 unspecified atom stereocenters. The Balaban J connectivity index is 2.41. The average molecular weight is 444 g/mol. The largest absolute Gasteiger partial charge is 0.465 e. The van der Waals surface area contributed by atoms with E-state index in [1.54, 1.807) is 19.1 Å². The fourth-order valence-corrected chi connectivity index (χ4v) is 4.02. The highest BCUT2D eigenvalue weighted by atomic mass is 79.9. The number of benzene rings is 2. The number of carbonyl (C=O) groups is 1. The van der Waals surface area contributed by atoms with Crippen LogP contribution >= 0.6 is 15.9 Å². The van der Waals surface area contributed by atoms with Crippen molar-refractivity contribution in [1.29, 1.82) is 0 Å². The summed E-state index contributed by atoms with van der Waals surface area (Å²) in [6.45, 7) is 2.98. The summed E-state index contributed by atoms with van der Waals surface area (Å²) in [5.41, 5.74) is 1.32. The first-order valence-electron chi connectivity index (χ1n) is 7.90. The van der Waals surface area contributed by atoms with Gasteiger partial charge in [0, 0.05) is 11.0 Å². The first-order chi connectivity index (χ1) is 12.2. The van der Waals surface area contributed by atoms with E-state index >= 15 is 0 Å². The molecule has 2 rings (SSSR count). The molecule has 0 bridgehead atoms. The number of hydrogen-bond donors (Lipinski definition) is 0. The summed E-state index contributed by atoms with van der Waals surface area (Å²) >= 11 is 3.28. The van der Waals surface area contributed by atoms with Crippen molar-refractivity contribution in [2.75, 3.05) is 13.2 Å². The van der Waals surface area contributed by atoms with Gasteiger partial charge in [0.15, 0.2) is 0 Å². The van der Waals surface area contributed by atoms with Crippen LogP contribution in [0.25, 0.3) is 0 Å². The maximum atomic E-state index is 13.6. The summed E-state index contributed by atoms with van der Waals surface area (Å²) in [6.07, 6.45) is 0. The van der Waals surface area contributed by atoms with Gasteiger partial charge in [0.25, 0.3) is 0 Å². The third-order valence-electron chi connectivity index (χ3n) is 3.62. The standard InChI is InChI=1S/C18H19BrFNO4S/c1-3-25-18(22)12-21(11-14-10-15(20)6-9-17(14)19)26(23,24)16-7-4-13(2)5-8-16/h4-10H,3,11-12H2,1-2H3. The Morgan fingerprint density at radius 1 is 1.19 bits per heavy atom. The number of sulfonamides is 1. The summed E-state index contributed by atoms with van der Waals surface area (Å²) in [6, 6.07) is 10.3. The molecule has 0 radical (unpaired) electrons. The highest BCUT2D eigenvalue weighted by molar-refractivity contribution is 9.10. The lowest BCUT2D eigenvalue weighted by molar-refractivity contribution is -0.143. The Morgan fingerprint density at radius 2 is 1.85 bits per heavy atom. The number of carbonyl (C=O) groups excluding carboxylic acids is 1. The van der Waals surface area contributed by atoms with Gasteiger partial charge in [-0.25, -0.2) is 12.8 Å². The zero-order chi connectivity index (χ0) is 19.3. The minimum atomic E-state index is -3.97. The zero-order valence-electron chi connectivity index (χ0n) is 14.4. The van der Waals surface area contributed by atoms with Crippen LogP contribution in [0.15, 0.2) is 51.8 Å². The van der Waals surface area contributed by atoms with E-state index in [4.69, 9.17) is 4.74 Å². The van der Waals surface area contributed by atoms with Crippen LogP contribution in [0.4, 0.5) is 4.39 Å². The Bertz CT molecular complexity index is 885. The van der Waals surface area contributed by atoms with Crippen molar-refractivity contribution in [3.63, 3.8) is 0 Å². The smallest absolute Gasteiger partial charge is 0.321 e. The summed E-state index contributed by atoms with van der Waals surface area (Å²) in [5.74, 6) is -1.16. The molecule has 8 heteroatoms. The number of aryl methyl sites for hydroxylation is 1. The van der Waals surface area contributed by atoms with Gasteiger partial charge in [0.05, 0.1) is 11.5 Å². The molecule has 0 saturated heterocycles. The minimum Gasteiger partial charge on any atom is -0.465 e. The SMILES string of the molecule is CCOC(=O)CN(Cc1cc(F)ccc1Br)S(=O)(=O)c1ccc(C)cc1. The highest BCUT2D eigenvalue weighted by Gasteiger charge is 2.28. The molecule has 140 valence electrons. The van der Waals surface area contributed by atoms with E-state index in [-0.39, 0.29) is 18.0 Å². The van der Waals surface area contributed by atoms with Crippen LogP contribution in [0.5, 0.6) is 0 Å². The maximum absolute atomic E-state index is 13.6. The van der Waals surface area contributed by atoms with Gasteiger partial charge < -0.3 is 4.74 Å². The van der Waals surface area contributed by atoms with Gasteiger partial charge in [0.1, 0.15) is 12.4 Å². The molecule has 0 fully saturated rings. The number of rotatable bonds is 7. The van der Waals surface area contributed by atoms with Crippen molar-refractivity contribution >= 4 is 31.9 Å². The lowest BCUT2D eigenvalue weighted by Crippen LogP contribution is -2.36. The Labute approximate surface area is 161 Å². The third-order valence-corrected chi connectivity index (χ3v) is 6.20. The molecule has 2 aromatic rings. The Kier molecular flexibility index (Phi) is 6.91. The van der Waals surface area contributed by atoms with Gasteiger partial charge in [0.2, 0.25) is 10.0 Å². The molecular weight excluding hydrogens is 425 g/mol. The molecule has 0 heterocycles. The van der Waals surface area contributed by atoms with Gasteiger partial charge in [-0.3, -0.25) is 4.79 Å². The highest BCUT2D eigenvalue weighted by Crippen LogP contribution is 2.24. The number of halogens is 2. The molecule has 0 saturated carbocycles. The van der Waals surface area contributed by atoms with Gasteiger partial charge in [-0.05, 0) is 49.7 Å². The fourth-order valence-electron chi connectivity index (χ4n) is 2.29. The molecule has 0 aliphatic rings. The van der Waals surface area contributed by atoms with Crippen molar-refractivity contribution in [2.45, 2.75) is 25.3 Å². The zero-order valence-corrected chi connectivity index (χ0v) is 16.8. The first-order valence-corrected chi connectivity index (χ1v) is 10.1. The molecule has 0 atom stereocenters. The maximum Gasteiger partial charge on any atom is 0.321 e. The summed E-state index contributed by atoms with van der Waals surface area (Å²) in [4.78, 5) is 12.0. The van der Waals surface area contributed by atoms with Crippen LogP contribution in [-0.2, 0) is 26.1 Å². The molecule has 0 N–H and O–H groups in total. The average Bonchev–Trinajstić information content (AvgIpc) is 2.58. The summed E-state index contributed by atoms with van der Waals surface area (Å²) < 4.78 is 46.0. The second-order valence-corrected chi connectivity index (χ2v) is 8.42. The van der Waals surface area contributed by atoms with Gasteiger partial charge in [-0.15, -0.1) is 0 Å².